The van der Waals surface area contributed by atoms with Crippen LogP contribution >= 0.6 is 0 Å². The molecule has 1 saturated heterocycles. The molecule has 0 aromatic rings. The SMILES string of the molecule is CN(CC(=O)NCCC#N)C1CCCNCC1. The van der Waals surface area contributed by atoms with Gasteiger partial charge in [0.2, 0.25) is 5.91 Å². The highest BCUT2D eigenvalue weighted by Crippen LogP contribution is 2.11. The molecule has 2 N–H and O–H groups in total. The predicted molar refractivity (Wildman–Crippen MR) is 66.4 cm³/mol. The van der Waals surface area contributed by atoms with E-state index in [9.17, 15) is 4.79 Å². The van der Waals surface area contributed by atoms with Crippen LogP contribution in [0.15, 0.2) is 0 Å². The summed E-state index contributed by atoms with van der Waals surface area (Å²) in [7, 11) is 2.00. The van der Waals surface area contributed by atoms with Crippen molar-refractivity contribution in [2.45, 2.75) is 31.7 Å². The first-order valence-corrected chi connectivity index (χ1v) is 6.28. The molecule has 5 nitrogen and oxygen atoms in total. The molecule has 1 rings (SSSR count). The quantitative estimate of drug-likeness (QED) is 0.666. The van der Waals surface area contributed by atoms with Crippen molar-refractivity contribution in [1.29, 1.82) is 5.26 Å². The van der Waals surface area contributed by atoms with Crippen LogP contribution in [0.25, 0.3) is 0 Å². The first kappa shape index (κ1) is 13.9. The summed E-state index contributed by atoms with van der Waals surface area (Å²) in [6.45, 7) is 3.00. The smallest absolute Gasteiger partial charge is 0.234 e. The molecule has 5 heteroatoms. The molecule has 1 amide bonds. The van der Waals surface area contributed by atoms with E-state index in [0.29, 0.717) is 25.6 Å². The molecule has 96 valence electrons. The van der Waals surface area contributed by atoms with Crippen molar-refractivity contribution < 1.29 is 4.79 Å². The zero-order valence-corrected chi connectivity index (χ0v) is 10.5. The van der Waals surface area contributed by atoms with Gasteiger partial charge in [0.15, 0.2) is 0 Å². The molecule has 0 radical (unpaired) electrons. The number of hydrogen-bond donors (Lipinski definition) is 2. The summed E-state index contributed by atoms with van der Waals surface area (Å²) in [5, 5.41) is 14.5. The summed E-state index contributed by atoms with van der Waals surface area (Å²) in [5.41, 5.74) is 0. The Kier molecular flexibility index (Phi) is 6.60. The fourth-order valence-electron chi connectivity index (χ4n) is 2.11. The van der Waals surface area contributed by atoms with Gasteiger partial charge in [0.05, 0.1) is 19.0 Å². The van der Waals surface area contributed by atoms with Crippen molar-refractivity contribution in [1.82, 2.24) is 15.5 Å². The molecule has 0 saturated carbocycles. The van der Waals surface area contributed by atoms with E-state index < -0.39 is 0 Å². The van der Waals surface area contributed by atoms with Gasteiger partial charge in [-0.25, -0.2) is 0 Å². The number of hydrogen-bond acceptors (Lipinski definition) is 4. The van der Waals surface area contributed by atoms with Crippen molar-refractivity contribution >= 4 is 5.91 Å². The third-order valence-corrected chi connectivity index (χ3v) is 3.12. The third kappa shape index (κ3) is 5.66. The van der Waals surface area contributed by atoms with Crippen molar-refractivity contribution in [3.8, 4) is 6.07 Å². The van der Waals surface area contributed by atoms with Crippen LogP contribution in [-0.4, -0.2) is 50.1 Å². The van der Waals surface area contributed by atoms with Crippen molar-refractivity contribution in [3.05, 3.63) is 0 Å². The van der Waals surface area contributed by atoms with Gasteiger partial charge in [-0.15, -0.1) is 0 Å². The second-order valence-electron chi connectivity index (χ2n) is 4.51. The van der Waals surface area contributed by atoms with Gasteiger partial charge in [-0.3, -0.25) is 9.69 Å². The van der Waals surface area contributed by atoms with Crippen LogP contribution in [0.5, 0.6) is 0 Å². The molecule has 1 aliphatic rings. The lowest BCUT2D eigenvalue weighted by Gasteiger charge is -2.26. The van der Waals surface area contributed by atoms with Crippen LogP contribution in [0.4, 0.5) is 0 Å². The minimum Gasteiger partial charge on any atom is -0.354 e. The fraction of sp³-hybridized carbons (Fsp3) is 0.833. The molecule has 1 aliphatic heterocycles. The Bertz CT molecular complexity index is 266. The fourth-order valence-corrected chi connectivity index (χ4v) is 2.11. The first-order valence-electron chi connectivity index (χ1n) is 6.28. The largest absolute Gasteiger partial charge is 0.354 e. The van der Waals surface area contributed by atoms with E-state index in [-0.39, 0.29) is 5.91 Å². The summed E-state index contributed by atoms with van der Waals surface area (Å²) < 4.78 is 0. The van der Waals surface area contributed by atoms with Crippen LogP contribution < -0.4 is 10.6 Å². The lowest BCUT2D eigenvalue weighted by atomic mass is 10.1. The molecule has 0 aromatic carbocycles. The van der Waals surface area contributed by atoms with E-state index in [0.717, 1.165) is 25.9 Å². The standard InChI is InChI=1S/C12H22N4O/c1-16(10-12(17)15-8-3-6-13)11-4-2-7-14-9-5-11/h11,14H,2-5,7-10H2,1H3,(H,15,17). The molecule has 0 aliphatic carbocycles. The predicted octanol–water partition coefficient (Wildman–Crippen LogP) is 0.0902. The number of carbonyl (C=O) groups is 1. The van der Waals surface area contributed by atoms with Gasteiger partial charge < -0.3 is 10.6 Å². The van der Waals surface area contributed by atoms with Gasteiger partial charge in [-0.2, -0.15) is 5.26 Å². The summed E-state index contributed by atoms with van der Waals surface area (Å²) in [5.74, 6) is 0.0138. The Balaban J connectivity index is 2.24. The monoisotopic (exact) mass is 238 g/mol. The summed E-state index contributed by atoms with van der Waals surface area (Å²) in [6, 6.07) is 2.50. The molecule has 1 heterocycles. The topological polar surface area (TPSA) is 68.2 Å². The molecule has 1 unspecified atom stereocenters. The Morgan fingerprint density at radius 1 is 1.53 bits per heavy atom. The maximum absolute atomic E-state index is 11.6. The minimum absolute atomic E-state index is 0.0138. The highest BCUT2D eigenvalue weighted by Gasteiger charge is 2.18. The maximum Gasteiger partial charge on any atom is 0.234 e. The zero-order chi connectivity index (χ0) is 12.5. The number of amides is 1. The number of nitriles is 1. The minimum atomic E-state index is 0.0138. The average molecular weight is 238 g/mol. The van der Waals surface area contributed by atoms with Gasteiger partial charge in [-0.1, -0.05) is 0 Å². The van der Waals surface area contributed by atoms with E-state index >= 15 is 0 Å². The zero-order valence-electron chi connectivity index (χ0n) is 10.5. The number of nitrogens with zero attached hydrogens (tertiary/aromatic N) is 2. The highest BCUT2D eigenvalue weighted by atomic mass is 16.2. The van der Waals surface area contributed by atoms with Crippen LogP contribution in [-0.2, 0) is 4.79 Å². The van der Waals surface area contributed by atoms with Crippen molar-refractivity contribution in [2.24, 2.45) is 0 Å². The van der Waals surface area contributed by atoms with E-state index in [1.54, 1.807) is 0 Å². The van der Waals surface area contributed by atoms with Crippen LogP contribution in [0, 0.1) is 11.3 Å². The number of rotatable bonds is 5. The number of nitrogens with one attached hydrogen (secondary N) is 2. The van der Waals surface area contributed by atoms with Gasteiger partial charge in [0, 0.05) is 12.6 Å². The molecule has 1 fully saturated rings. The highest BCUT2D eigenvalue weighted by molar-refractivity contribution is 5.77. The van der Waals surface area contributed by atoms with Gasteiger partial charge in [-0.05, 0) is 39.4 Å². The van der Waals surface area contributed by atoms with E-state index in [2.05, 4.69) is 15.5 Å². The van der Waals surface area contributed by atoms with Crippen molar-refractivity contribution in [3.63, 3.8) is 0 Å². The molecule has 0 bridgehead atoms. The molecule has 1 atom stereocenters. The van der Waals surface area contributed by atoms with Crippen LogP contribution in [0.2, 0.25) is 0 Å². The Morgan fingerprint density at radius 3 is 3.12 bits per heavy atom. The first-order chi connectivity index (χ1) is 8.24. The van der Waals surface area contributed by atoms with Crippen LogP contribution in [0.1, 0.15) is 25.7 Å². The second kappa shape index (κ2) is 8.04. The lowest BCUT2D eigenvalue weighted by Crippen LogP contribution is -2.41. The van der Waals surface area contributed by atoms with Gasteiger partial charge >= 0.3 is 0 Å². The summed E-state index contributed by atoms with van der Waals surface area (Å²) in [4.78, 5) is 13.7. The molecule has 17 heavy (non-hydrogen) atoms. The Morgan fingerprint density at radius 2 is 2.35 bits per heavy atom. The molecule has 0 spiro atoms. The normalized spacial score (nSPS) is 20.6. The van der Waals surface area contributed by atoms with Gasteiger partial charge in [0.25, 0.3) is 0 Å². The van der Waals surface area contributed by atoms with E-state index in [1.165, 1.54) is 6.42 Å². The van der Waals surface area contributed by atoms with E-state index in [4.69, 9.17) is 5.26 Å². The summed E-state index contributed by atoms with van der Waals surface area (Å²) in [6.07, 6.45) is 3.80. The Labute approximate surface area is 103 Å². The molecular formula is C12H22N4O. The Hall–Kier alpha value is -1.12. The molecular weight excluding hydrogens is 216 g/mol. The lowest BCUT2D eigenvalue weighted by molar-refractivity contribution is -0.122. The third-order valence-electron chi connectivity index (χ3n) is 3.12. The van der Waals surface area contributed by atoms with Crippen LogP contribution in [0.3, 0.4) is 0 Å². The average Bonchev–Trinajstić information content (AvgIpc) is 2.57. The molecule has 0 aromatic heterocycles. The van der Waals surface area contributed by atoms with E-state index in [1.807, 2.05) is 13.1 Å². The number of carbonyl (C=O) groups excluding carboxylic acids is 1. The number of likely N-dealkylation sites (N-methyl/N-ethyl adjacent to an activating group) is 1. The van der Waals surface area contributed by atoms with Crippen molar-refractivity contribution in [2.75, 3.05) is 33.2 Å². The maximum atomic E-state index is 11.6. The second-order valence-corrected chi connectivity index (χ2v) is 4.51. The van der Waals surface area contributed by atoms with Gasteiger partial charge in [0.1, 0.15) is 0 Å². The summed E-state index contributed by atoms with van der Waals surface area (Å²) >= 11 is 0.